The maximum absolute atomic E-state index is 6.15. The lowest BCUT2D eigenvalue weighted by atomic mass is 9.81. The molecule has 0 aromatic heterocycles. The van der Waals surface area contributed by atoms with E-state index in [0.717, 1.165) is 50.4 Å². The first-order valence-corrected chi connectivity index (χ1v) is 12.2. The molecule has 0 bridgehead atoms. The fraction of sp³-hybridized carbons (Fsp3) is 0.769. The molecule has 0 amide bonds. The van der Waals surface area contributed by atoms with Crippen molar-refractivity contribution in [3.05, 3.63) is 35.4 Å². The number of rotatable bonds is 10. The SMILES string of the molecule is CCCCC1(CC)COC(c2ccc(C3OCC(CC)(CCCC)CO3)cc2)OC1. The summed E-state index contributed by atoms with van der Waals surface area (Å²) in [6.45, 7) is 12.1. The van der Waals surface area contributed by atoms with Crippen LogP contribution in [0.15, 0.2) is 24.3 Å². The van der Waals surface area contributed by atoms with Gasteiger partial charge in [0, 0.05) is 22.0 Å². The zero-order valence-corrected chi connectivity index (χ0v) is 19.6. The highest BCUT2D eigenvalue weighted by Crippen LogP contribution is 2.40. The van der Waals surface area contributed by atoms with Crippen molar-refractivity contribution < 1.29 is 18.9 Å². The van der Waals surface area contributed by atoms with E-state index in [-0.39, 0.29) is 23.4 Å². The van der Waals surface area contributed by atoms with Gasteiger partial charge in [-0.15, -0.1) is 0 Å². The van der Waals surface area contributed by atoms with Crippen molar-refractivity contribution >= 4 is 0 Å². The summed E-state index contributed by atoms with van der Waals surface area (Å²) >= 11 is 0. The van der Waals surface area contributed by atoms with Crippen molar-refractivity contribution in [2.75, 3.05) is 26.4 Å². The summed E-state index contributed by atoms with van der Waals surface area (Å²) < 4.78 is 24.6. The van der Waals surface area contributed by atoms with Gasteiger partial charge in [0.15, 0.2) is 12.6 Å². The lowest BCUT2D eigenvalue weighted by Crippen LogP contribution is -2.38. The van der Waals surface area contributed by atoms with Crippen LogP contribution in [0.3, 0.4) is 0 Å². The molecule has 2 saturated heterocycles. The topological polar surface area (TPSA) is 36.9 Å². The maximum Gasteiger partial charge on any atom is 0.183 e. The first-order chi connectivity index (χ1) is 14.6. The van der Waals surface area contributed by atoms with E-state index < -0.39 is 0 Å². The summed E-state index contributed by atoms with van der Waals surface area (Å²) in [5.41, 5.74) is 2.50. The highest BCUT2D eigenvalue weighted by molar-refractivity contribution is 5.24. The Morgan fingerprint density at radius 2 is 0.967 bits per heavy atom. The predicted molar refractivity (Wildman–Crippen MR) is 120 cm³/mol. The maximum atomic E-state index is 6.15. The number of hydrogen-bond donors (Lipinski definition) is 0. The normalized spacial score (nSPS) is 32.3. The monoisotopic (exact) mass is 418 g/mol. The Kier molecular flexibility index (Phi) is 8.76. The minimum Gasteiger partial charge on any atom is -0.348 e. The number of unbranched alkanes of at least 4 members (excludes halogenated alkanes) is 2. The molecule has 0 atom stereocenters. The highest BCUT2D eigenvalue weighted by atomic mass is 16.7. The molecule has 0 N–H and O–H groups in total. The van der Waals surface area contributed by atoms with Gasteiger partial charge in [0.05, 0.1) is 26.4 Å². The second-order valence-corrected chi connectivity index (χ2v) is 9.49. The Bertz CT molecular complexity index is 555. The quantitative estimate of drug-likeness (QED) is 0.412. The summed E-state index contributed by atoms with van der Waals surface area (Å²) in [7, 11) is 0. The Morgan fingerprint density at radius 1 is 0.633 bits per heavy atom. The van der Waals surface area contributed by atoms with E-state index >= 15 is 0 Å². The van der Waals surface area contributed by atoms with Crippen molar-refractivity contribution in [3.8, 4) is 0 Å². The molecule has 0 radical (unpaired) electrons. The number of benzene rings is 1. The molecule has 3 rings (SSSR count). The molecule has 2 fully saturated rings. The van der Waals surface area contributed by atoms with Crippen molar-refractivity contribution in [1.29, 1.82) is 0 Å². The van der Waals surface area contributed by atoms with Gasteiger partial charge in [0.2, 0.25) is 0 Å². The molecule has 0 saturated carbocycles. The van der Waals surface area contributed by atoms with Gasteiger partial charge in [-0.25, -0.2) is 0 Å². The molecule has 2 aliphatic rings. The fourth-order valence-electron chi connectivity index (χ4n) is 4.54. The molecule has 1 aromatic rings. The second kappa shape index (κ2) is 11.1. The van der Waals surface area contributed by atoms with Gasteiger partial charge in [-0.05, 0) is 25.7 Å². The van der Waals surface area contributed by atoms with E-state index in [1.54, 1.807) is 0 Å². The summed E-state index contributed by atoms with van der Waals surface area (Å²) in [5, 5.41) is 0. The van der Waals surface area contributed by atoms with Crippen LogP contribution in [-0.2, 0) is 18.9 Å². The lowest BCUT2D eigenvalue weighted by Gasteiger charge is -2.40. The molecule has 4 heteroatoms. The Morgan fingerprint density at radius 3 is 1.23 bits per heavy atom. The molecule has 0 unspecified atom stereocenters. The van der Waals surface area contributed by atoms with E-state index in [9.17, 15) is 0 Å². The Labute approximate surface area is 183 Å². The molecule has 2 heterocycles. The van der Waals surface area contributed by atoms with Gasteiger partial charge >= 0.3 is 0 Å². The van der Waals surface area contributed by atoms with Crippen molar-refractivity contribution in [1.82, 2.24) is 0 Å². The minimum atomic E-state index is -0.268. The first kappa shape index (κ1) is 23.7. The molecule has 0 aliphatic carbocycles. The molecular formula is C26H42O4. The van der Waals surface area contributed by atoms with Crippen LogP contribution in [0.2, 0.25) is 0 Å². The Balaban J connectivity index is 1.54. The minimum absolute atomic E-state index is 0.180. The van der Waals surface area contributed by atoms with Gasteiger partial charge in [0.25, 0.3) is 0 Å². The lowest BCUT2D eigenvalue weighted by molar-refractivity contribution is -0.238. The summed E-state index contributed by atoms with van der Waals surface area (Å²) in [5.74, 6) is 0. The van der Waals surface area contributed by atoms with E-state index in [1.165, 1.54) is 38.5 Å². The molecule has 1 aromatic carbocycles. The fourth-order valence-corrected chi connectivity index (χ4v) is 4.54. The summed E-state index contributed by atoms with van der Waals surface area (Å²) in [4.78, 5) is 0. The summed E-state index contributed by atoms with van der Waals surface area (Å²) in [6.07, 6.45) is 8.94. The van der Waals surface area contributed by atoms with E-state index in [1.807, 2.05) is 0 Å². The summed E-state index contributed by atoms with van der Waals surface area (Å²) in [6, 6.07) is 8.37. The zero-order valence-electron chi connectivity index (χ0n) is 19.6. The van der Waals surface area contributed by atoms with Crippen molar-refractivity contribution in [2.45, 2.75) is 91.6 Å². The molecule has 0 spiro atoms. The van der Waals surface area contributed by atoms with Crippen LogP contribution >= 0.6 is 0 Å². The molecule has 170 valence electrons. The number of hydrogen-bond acceptors (Lipinski definition) is 4. The number of ether oxygens (including phenoxy) is 4. The Hall–Kier alpha value is -0.940. The average Bonchev–Trinajstić information content (AvgIpc) is 2.82. The van der Waals surface area contributed by atoms with Gasteiger partial charge in [-0.2, -0.15) is 0 Å². The first-order valence-electron chi connectivity index (χ1n) is 12.2. The third-order valence-electron chi connectivity index (χ3n) is 7.27. The van der Waals surface area contributed by atoms with Crippen LogP contribution in [0, 0.1) is 10.8 Å². The van der Waals surface area contributed by atoms with Crippen LogP contribution in [0.4, 0.5) is 0 Å². The van der Waals surface area contributed by atoms with Crippen LogP contribution in [0.5, 0.6) is 0 Å². The van der Waals surface area contributed by atoms with Crippen molar-refractivity contribution in [2.24, 2.45) is 10.8 Å². The molecular weight excluding hydrogens is 376 g/mol. The van der Waals surface area contributed by atoms with Crippen LogP contribution < -0.4 is 0 Å². The van der Waals surface area contributed by atoms with Crippen molar-refractivity contribution in [3.63, 3.8) is 0 Å². The van der Waals surface area contributed by atoms with Crippen LogP contribution in [0.1, 0.15) is 103 Å². The van der Waals surface area contributed by atoms with Crippen LogP contribution in [-0.4, -0.2) is 26.4 Å². The van der Waals surface area contributed by atoms with Crippen LogP contribution in [0.25, 0.3) is 0 Å². The van der Waals surface area contributed by atoms with Gasteiger partial charge < -0.3 is 18.9 Å². The standard InChI is InChI=1S/C26H42O4/c1-5-9-15-25(7-3)17-27-23(28-18-25)21-11-13-22(14-12-21)24-29-19-26(8-4,20-30-24)16-10-6-2/h11-14,23-24H,5-10,15-20H2,1-4H3. The third-order valence-corrected chi connectivity index (χ3v) is 7.27. The molecule has 4 nitrogen and oxygen atoms in total. The largest absolute Gasteiger partial charge is 0.348 e. The second-order valence-electron chi connectivity index (χ2n) is 9.49. The smallest absolute Gasteiger partial charge is 0.183 e. The van der Waals surface area contributed by atoms with E-state index in [2.05, 4.69) is 52.0 Å². The third kappa shape index (κ3) is 5.64. The molecule has 30 heavy (non-hydrogen) atoms. The highest BCUT2D eigenvalue weighted by Gasteiger charge is 2.37. The van der Waals surface area contributed by atoms with Gasteiger partial charge in [-0.1, -0.05) is 77.6 Å². The van der Waals surface area contributed by atoms with Gasteiger partial charge in [0.1, 0.15) is 0 Å². The van der Waals surface area contributed by atoms with Gasteiger partial charge in [-0.3, -0.25) is 0 Å². The average molecular weight is 419 g/mol. The molecule has 2 aliphatic heterocycles. The predicted octanol–water partition coefficient (Wildman–Crippen LogP) is 6.95. The zero-order chi connectivity index (χ0) is 21.5. The van der Waals surface area contributed by atoms with E-state index in [0.29, 0.717) is 0 Å². The van der Waals surface area contributed by atoms with E-state index in [4.69, 9.17) is 18.9 Å².